The lowest BCUT2D eigenvalue weighted by molar-refractivity contribution is -0.116. The summed E-state index contributed by atoms with van der Waals surface area (Å²) in [5, 5.41) is 6.01. The summed E-state index contributed by atoms with van der Waals surface area (Å²) in [7, 11) is 0. The molecule has 0 aliphatic rings. The molecular weight excluding hydrogens is 368 g/mol. The molecule has 0 unspecified atom stereocenters. The lowest BCUT2D eigenvalue weighted by Crippen LogP contribution is -2.16. The number of rotatable bonds is 8. The molecule has 0 atom stereocenters. The van der Waals surface area contributed by atoms with Gasteiger partial charge in [0.05, 0.1) is 5.75 Å². The van der Waals surface area contributed by atoms with E-state index in [1.807, 2.05) is 45.9 Å². The standard InChI is InChI=1S/C23H30N2O2S/c1-15-12-18(4)23(19(5)13-15)24-20(26)10-7-11-28-14-21(27)25-22-16(2)8-6-9-17(22)3/h6,8-9,12-13H,7,10-11,14H2,1-5H3,(H,24,26)(H,25,27). The molecule has 2 rings (SSSR count). The predicted molar refractivity (Wildman–Crippen MR) is 120 cm³/mol. The molecule has 0 bridgehead atoms. The SMILES string of the molecule is Cc1cc(C)c(NC(=O)CCCSCC(=O)Nc2c(C)cccc2C)c(C)c1. The monoisotopic (exact) mass is 398 g/mol. The molecule has 0 fully saturated rings. The average Bonchev–Trinajstić information content (AvgIpc) is 2.61. The summed E-state index contributed by atoms with van der Waals surface area (Å²) in [4.78, 5) is 24.4. The summed E-state index contributed by atoms with van der Waals surface area (Å²) in [5.41, 5.74) is 7.32. The Bertz CT molecular complexity index is 818. The Morgan fingerprint density at radius 2 is 1.36 bits per heavy atom. The third-order valence-electron chi connectivity index (χ3n) is 4.61. The first-order valence-corrected chi connectivity index (χ1v) is 10.7. The van der Waals surface area contributed by atoms with Gasteiger partial charge in [-0.3, -0.25) is 9.59 Å². The molecule has 150 valence electrons. The minimum absolute atomic E-state index is 0.00208. The second-order valence-electron chi connectivity index (χ2n) is 7.29. The highest BCUT2D eigenvalue weighted by Gasteiger charge is 2.10. The molecule has 2 aromatic carbocycles. The fourth-order valence-corrected chi connectivity index (χ4v) is 4.02. The minimum atomic E-state index is -0.00208. The van der Waals surface area contributed by atoms with Crippen LogP contribution in [0.1, 0.15) is 40.7 Å². The van der Waals surface area contributed by atoms with Crippen LogP contribution in [0, 0.1) is 34.6 Å². The van der Waals surface area contributed by atoms with Crippen molar-refractivity contribution in [1.29, 1.82) is 0 Å². The number of benzene rings is 2. The van der Waals surface area contributed by atoms with Crippen molar-refractivity contribution in [3.8, 4) is 0 Å². The quantitative estimate of drug-likeness (QED) is 0.592. The minimum Gasteiger partial charge on any atom is -0.326 e. The second kappa shape index (κ2) is 10.3. The van der Waals surface area contributed by atoms with E-state index in [1.165, 1.54) is 5.56 Å². The van der Waals surface area contributed by atoms with Crippen LogP contribution in [-0.4, -0.2) is 23.3 Å². The molecule has 0 saturated carbocycles. The van der Waals surface area contributed by atoms with Gasteiger partial charge in [0.2, 0.25) is 11.8 Å². The maximum absolute atomic E-state index is 12.2. The van der Waals surface area contributed by atoms with Crippen LogP contribution in [0.3, 0.4) is 0 Å². The van der Waals surface area contributed by atoms with E-state index in [4.69, 9.17) is 0 Å². The van der Waals surface area contributed by atoms with E-state index in [9.17, 15) is 9.59 Å². The molecule has 0 aliphatic carbocycles. The van der Waals surface area contributed by atoms with E-state index in [0.29, 0.717) is 12.2 Å². The van der Waals surface area contributed by atoms with Gasteiger partial charge >= 0.3 is 0 Å². The van der Waals surface area contributed by atoms with E-state index in [-0.39, 0.29) is 11.8 Å². The van der Waals surface area contributed by atoms with E-state index in [1.54, 1.807) is 11.8 Å². The highest BCUT2D eigenvalue weighted by molar-refractivity contribution is 7.99. The Hall–Kier alpha value is -2.27. The lowest BCUT2D eigenvalue weighted by atomic mass is 10.0. The largest absolute Gasteiger partial charge is 0.326 e. The number of carbonyl (C=O) groups is 2. The molecule has 4 nitrogen and oxygen atoms in total. The van der Waals surface area contributed by atoms with Crippen LogP contribution < -0.4 is 10.6 Å². The Kier molecular flexibility index (Phi) is 8.12. The Morgan fingerprint density at radius 3 is 1.96 bits per heavy atom. The van der Waals surface area contributed by atoms with Gasteiger partial charge in [-0.1, -0.05) is 35.9 Å². The van der Waals surface area contributed by atoms with Gasteiger partial charge in [-0.15, -0.1) is 0 Å². The molecule has 0 saturated heterocycles. The molecule has 0 spiro atoms. The molecule has 0 heterocycles. The first-order chi connectivity index (χ1) is 13.3. The molecule has 0 radical (unpaired) electrons. The van der Waals surface area contributed by atoms with Crippen molar-refractivity contribution >= 4 is 35.0 Å². The van der Waals surface area contributed by atoms with Crippen LogP contribution >= 0.6 is 11.8 Å². The van der Waals surface area contributed by atoms with E-state index in [0.717, 1.165) is 45.8 Å². The van der Waals surface area contributed by atoms with Gasteiger partial charge in [-0.2, -0.15) is 11.8 Å². The van der Waals surface area contributed by atoms with Crippen molar-refractivity contribution in [2.24, 2.45) is 0 Å². The first-order valence-electron chi connectivity index (χ1n) is 9.59. The molecule has 2 amide bonds. The van der Waals surface area contributed by atoms with Crippen molar-refractivity contribution in [2.45, 2.75) is 47.5 Å². The summed E-state index contributed by atoms with van der Waals surface area (Å²) in [6.07, 6.45) is 1.20. The Labute approximate surface area is 172 Å². The molecule has 0 aromatic heterocycles. The Morgan fingerprint density at radius 1 is 0.821 bits per heavy atom. The molecule has 2 aromatic rings. The zero-order chi connectivity index (χ0) is 20.7. The van der Waals surface area contributed by atoms with E-state index in [2.05, 4.69) is 29.7 Å². The predicted octanol–water partition coefficient (Wildman–Crippen LogP) is 5.32. The van der Waals surface area contributed by atoms with Crippen LogP contribution in [-0.2, 0) is 9.59 Å². The molecular formula is C23H30N2O2S. The zero-order valence-electron chi connectivity index (χ0n) is 17.4. The zero-order valence-corrected chi connectivity index (χ0v) is 18.3. The van der Waals surface area contributed by atoms with Crippen LogP contribution in [0.2, 0.25) is 0 Å². The summed E-state index contributed by atoms with van der Waals surface area (Å²) < 4.78 is 0. The van der Waals surface area contributed by atoms with Gasteiger partial charge in [0.1, 0.15) is 0 Å². The van der Waals surface area contributed by atoms with E-state index < -0.39 is 0 Å². The maximum Gasteiger partial charge on any atom is 0.234 e. The fourth-order valence-electron chi connectivity index (χ4n) is 3.27. The Balaban J connectivity index is 1.70. The first kappa shape index (κ1) is 22.0. The number of aryl methyl sites for hydroxylation is 5. The van der Waals surface area contributed by atoms with Crippen LogP contribution in [0.4, 0.5) is 11.4 Å². The van der Waals surface area contributed by atoms with Crippen LogP contribution in [0.15, 0.2) is 30.3 Å². The molecule has 2 N–H and O–H groups in total. The topological polar surface area (TPSA) is 58.2 Å². The van der Waals surface area contributed by atoms with Gasteiger partial charge in [-0.25, -0.2) is 0 Å². The van der Waals surface area contributed by atoms with Gasteiger partial charge in [0.15, 0.2) is 0 Å². The van der Waals surface area contributed by atoms with Crippen molar-refractivity contribution in [2.75, 3.05) is 22.1 Å². The fraction of sp³-hybridized carbons (Fsp3) is 0.391. The highest BCUT2D eigenvalue weighted by atomic mass is 32.2. The molecule has 5 heteroatoms. The number of hydrogen-bond donors (Lipinski definition) is 2. The van der Waals surface area contributed by atoms with E-state index >= 15 is 0 Å². The van der Waals surface area contributed by atoms with Crippen molar-refractivity contribution in [3.63, 3.8) is 0 Å². The maximum atomic E-state index is 12.2. The number of carbonyl (C=O) groups excluding carboxylic acids is 2. The lowest BCUT2D eigenvalue weighted by Gasteiger charge is -2.13. The smallest absolute Gasteiger partial charge is 0.234 e. The number of thioether (sulfide) groups is 1. The third-order valence-corrected chi connectivity index (χ3v) is 5.66. The van der Waals surface area contributed by atoms with Gasteiger partial charge in [0.25, 0.3) is 0 Å². The number of para-hydroxylation sites is 1. The second-order valence-corrected chi connectivity index (χ2v) is 8.40. The van der Waals surface area contributed by atoms with Gasteiger partial charge in [0, 0.05) is 17.8 Å². The average molecular weight is 399 g/mol. The van der Waals surface area contributed by atoms with Gasteiger partial charge < -0.3 is 10.6 Å². The highest BCUT2D eigenvalue weighted by Crippen LogP contribution is 2.22. The summed E-state index contributed by atoms with van der Waals surface area (Å²) >= 11 is 1.56. The molecule has 0 aliphatic heterocycles. The number of amides is 2. The van der Waals surface area contributed by atoms with Crippen LogP contribution in [0.25, 0.3) is 0 Å². The number of nitrogens with one attached hydrogen (secondary N) is 2. The summed E-state index contributed by atoms with van der Waals surface area (Å²) in [6.45, 7) is 10.1. The van der Waals surface area contributed by atoms with Crippen molar-refractivity contribution in [1.82, 2.24) is 0 Å². The normalized spacial score (nSPS) is 10.6. The van der Waals surface area contributed by atoms with Gasteiger partial charge in [-0.05, 0) is 69.0 Å². The summed E-state index contributed by atoms with van der Waals surface area (Å²) in [6, 6.07) is 10.1. The van der Waals surface area contributed by atoms with Crippen LogP contribution in [0.5, 0.6) is 0 Å². The summed E-state index contributed by atoms with van der Waals surface area (Å²) in [5.74, 6) is 1.19. The van der Waals surface area contributed by atoms with Crippen molar-refractivity contribution in [3.05, 3.63) is 58.1 Å². The third kappa shape index (κ3) is 6.41. The van der Waals surface area contributed by atoms with Crippen molar-refractivity contribution < 1.29 is 9.59 Å². The molecule has 28 heavy (non-hydrogen) atoms. The number of hydrogen-bond acceptors (Lipinski definition) is 3. The number of anilines is 2.